The van der Waals surface area contributed by atoms with Crippen LogP contribution in [0.5, 0.6) is 0 Å². The van der Waals surface area contributed by atoms with Crippen LogP contribution >= 0.6 is 20.7 Å². The van der Waals surface area contributed by atoms with Gasteiger partial charge in [0, 0.05) is 20.8 Å². The molecular weight excluding hydrogens is 406 g/mol. The first-order chi connectivity index (χ1) is 12.6. The van der Waals surface area contributed by atoms with Crippen LogP contribution in [0.3, 0.4) is 0 Å². The van der Waals surface area contributed by atoms with Gasteiger partial charge in [-0.05, 0) is 20.7 Å². The van der Waals surface area contributed by atoms with Gasteiger partial charge in [-0.25, -0.2) is 4.57 Å². The summed E-state index contributed by atoms with van der Waals surface area (Å²) in [6.07, 6.45) is -5.73. The third-order valence-corrected chi connectivity index (χ3v) is 5.43. The van der Waals surface area contributed by atoms with Crippen LogP contribution in [0.25, 0.3) is 0 Å². The Balaban J connectivity index is 2.49. The van der Waals surface area contributed by atoms with Crippen LogP contribution in [-0.2, 0) is 33.3 Å². The molecule has 1 aromatic rings. The van der Waals surface area contributed by atoms with Crippen molar-refractivity contribution in [2.24, 2.45) is 0 Å². The van der Waals surface area contributed by atoms with Crippen molar-refractivity contribution in [3.05, 3.63) is 19.3 Å². The number of aliphatic hydroxyl groups is 1. The topological polar surface area (TPSA) is 147 Å². The fourth-order valence-corrected chi connectivity index (χ4v) is 4.33. The van der Waals surface area contributed by atoms with Gasteiger partial charge in [-0.15, -0.1) is 0 Å². The summed E-state index contributed by atoms with van der Waals surface area (Å²) in [5, 5.41) is 10.4. The number of aromatic nitrogens is 1. The third-order valence-electron chi connectivity index (χ3n) is 3.56. The van der Waals surface area contributed by atoms with Gasteiger partial charge in [0.05, 0.1) is 0 Å². The Kier molecular flexibility index (Phi) is 6.86. The number of aliphatic hydroxyl groups excluding tert-OH is 1. The Morgan fingerprint density at radius 1 is 1.00 bits per heavy atom. The van der Waals surface area contributed by atoms with E-state index in [0.29, 0.717) is 25.2 Å². The van der Waals surface area contributed by atoms with Gasteiger partial charge in [0.25, 0.3) is 0 Å². The number of hydrogen-bond donors (Lipinski definition) is 1. The fourth-order valence-electron chi connectivity index (χ4n) is 2.65. The predicted molar refractivity (Wildman–Crippen MR) is 90.4 cm³/mol. The van der Waals surface area contributed by atoms with Gasteiger partial charge >= 0.3 is 27.7 Å². The highest BCUT2D eigenvalue weighted by Crippen LogP contribution is 2.32. The molecule has 0 aromatic carbocycles. The van der Waals surface area contributed by atoms with Crippen molar-refractivity contribution in [2.45, 2.75) is 51.4 Å². The molecule has 2 heterocycles. The minimum atomic E-state index is -1.77. The molecule has 0 amide bonds. The molecule has 1 aliphatic rings. The smallest absolute Gasteiger partial charge is 0.321 e. The zero-order chi connectivity index (χ0) is 20.3. The van der Waals surface area contributed by atoms with E-state index >= 15 is 0 Å². The molecule has 27 heavy (non-hydrogen) atoms. The Hall–Kier alpha value is -2.09. The number of hydrogen-bond acceptors (Lipinski definition) is 12. The van der Waals surface area contributed by atoms with E-state index < -0.39 is 64.9 Å². The highest BCUT2D eigenvalue weighted by Gasteiger charge is 2.51. The maximum Gasteiger partial charge on any atom is 0.321 e. The van der Waals surface area contributed by atoms with Crippen molar-refractivity contribution >= 4 is 38.6 Å². The summed E-state index contributed by atoms with van der Waals surface area (Å²) in [7, 11) is 1.26. The Labute approximate surface area is 159 Å². The van der Waals surface area contributed by atoms with Crippen LogP contribution in [-0.4, -0.2) is 58.8 Å². The van der Waals surface area contributed by atoms with Gasteiger partial charge in [-0.2, -0.15) is 0 Å². The summed E-state index contributed by atoms with van der Waals surface area (Å²) in [5.41, 5.74) is 0. The maximum absolute atomic E-state index is 12.0. The van der Waals surface area contributed by atoms with Crippen LogP contribution in [0, 0.1) is 0 Å². The summed E-state index contributed by atoms with van der Waals surface area (Å²) in [5.74, 6) is -2.23. The average molecular weight is 423 g/mol. The molecule has 0 radical (unpaired) electrons. The summed E-state index contributed by atoms with van der Waals surface area (Å²) < 4.78 is 21.2. The summed E-state index contributed by atoms with van der Waals surface area (Å²) in [6.45, 7) is 2.89. The minimum Gasteiger partial charge on any atom is -0.463 e. The molecule has 1 aromatic heterocycles. The largest absolute Gasteiger partial charge is 0.463 e. The van der Waals surface area contributed by atoms with Crippen molar-refractivity contribution in [3.8, 4) is 0 Å². The molecule has 11 nitrogen and oxygen atoms in total. The zero-order valence-corrected chi connectivity index (χ0v) is 16.1. The third kappa shape index (κ3) is 5.00. The molecule has 1 aliphatic heterocycles. The second-order valence-electron chi connectivity index (χ2n) is 5.57. The van der Waals surface area contributed by atoms with Crippen molar-refractivity contribution in [1.29, 1.82) is 0 Å². The van der Waals surface area contributed by atoms with Crippen molar-refractivity contribution in [2.75, 3.05) is 6.61 Å². The first-order valence-electron chi connectivity index (χ1n) is 7.64. The van der Waals surface area contributed by atoms with E-state index in [1.54, 1.807) is 0 Å². The number of carbonyl (C=O) groups excluding carboxylic acids is 3. The van der Waals surface area contributed by atoms with E-state index in [1.807, 2.05) is 0 Å². The van der Waals surface area contributed by atoms with Gasteiger partial charge in [-0.3, -0.25) is 24.0 Å². The molecule has 0 spiro atoms. The Morgan fingerprint density at radius 2 is 1.52 bits per heavy atom. The normalized spacial score (nSPS) is 27.6. The van der Waals surface area contributed by atoms with Crippen LogP contribution < -0.4 is 9.75 Å². The molecule has 1 fully saturated rings. The lowest BCUT2D eigenvalue weighted by atomic mass is 9.96. The molecule has 0 unspecified atom stereocenters. The predicted octanol–water partition coefficient (Wildman–Crippen LogP) is -0.984. The molecule has 0 aliphatic carbocycles. The monoisotopic (exact) mass is 423 g/mol. The number of ether oxygens (including phenoxy) is 4. The van der Waals surface area contributed by atoms with Gasteiger partial charge in [0.1, 0.15) is 18.8 Å². The number of rotatable bonds is 5. The van der Waals surface area contributed by atoms with E-state index in [9.17, 15) is 29.1 Å². The molecule has 0 saturated carbocycles. The van der Waals surface area contributed by atoms with Gasteiger partial charge in [0.15, 0.2) is 18.5 Å². The lowest BCUT2D eigenvalue weighted by molar-refractivity contribution is -0.273. The van der Waals surface area contributed by atoms with Gasteiger partial charge < -0.3 is 24.1 Å². The summed E-state index contributed by atoms with van der Waals surface area (Å²) in [6, 6.07) is -1.45. The molecular formula is C14H17NO10S2. The standard InChI is InChI=1S/C14H17NO10S2/c1-5(16)22-4-8-10(23-6(2)17)11(24-7(3)18)9(12(19)25-8)15-13(20)26-27-14(15)21/h8-12,19H,4H2,1-3H3/t8-,9-,10-,11-,12-/m1/s1. The molecule has 150 valence electrons. The molecule has 0 bridgehead atoms. The second-order valence-corrected chi connectivity index (χ2v) is 7.61. The van der Waals surface area contributed by atoms with E-state index in [-0.39, 0.29) is 0 Å². The van der Waals surface area contributed by atoms with Crippen LogP contribution in [0.1, 0.15) is 26.8 Å². The van der Waals surface area contributed by atoms with E-state index in [1.165, 1.54) is 0 Å². The van der Waals surface area contributed by atoms with Gasteiger partial charge in [-0.1, -0.05) is 0 Å². The molecule has 1 saturated heterocycles. The summed E-state index contributed by atoms with van der Waals surface area (Å²) >= 11 is 0. The van der Waals surface area contributed by atoms with Crippen LogP contribution in [0.4, 0.5) is 0 Å². The molecule has 1 N–H and O–H groups in total. The lowest BCUT2D eigenvalue weighted by Gasteiger charge is -2.43. The van der Waals surface area contributed by atoms with Crippen LogP contribution in [0.15, 0.2) is 9.59 Å². The van der Waals surface area contributed by atoms with Crippen LogP contribution in [0.2, 0.25) is 0 Å². The highest BCUT2D eigenvalue weighted by molar-refractivity contribution is 7.67. The first kappa shape index (κ1) is 21.2. The highest BCUT2D eigenvalue weighted by atomic mass is 32.9. The zero-order valence-electron chi connectivity index (χ0n) is 14.5. The molecule has 5 atom stereocenters. The SMILES string of the molecule is CC(=O)OC[C@H]1O[C@@H](O)[C@H](n2c(=O)ssc2=O)[C@@H](OC(C)=O)[C@@H]1OC(C)=O. The number of nitrogens with zero attached hydrogens (tertiary/aromatic N) is 1. The Morgan fingerprint density at radius 3 is 2.00 bits per heavy atom. The molecule has 13 heteroatoms. The van der Waals surface area contributed by atoms with E-state index in [0.717, 1.165) is 20.8 Å². The number of carbonyl (C=O) groups is 3. The van der Waals surface area contributed by atoms with Gasteiger partial charge in [0.2, 0.25) is 0 Å². The second kappa shape index (κ2) is 8.73. The molecule has 2 rings (SSSR count). The first-order valence-corrected chi connectivity index (χ1v) is 9.79. The lowest BCUT2D eigenvalue weighted by Crippen LogP contribution is -2.61. The van der Waals surface area contributed by atoms with Crippen molar-refractivity contribution < 1.29 is 38.4 Å². The average Bonchev–Trinajstić information content (AvgIpc) is 2.87. The Bertz CT molecular complexity index is 799. The van der Waals surface area contributed by atoms with E-state index in [4.69, 9.17) is 18.9 Å². The summed E-state index contributed by atoms with van der Waals surface area (Å²) in [4.78, 5) is 56.9. The quantitative estimate of drug-likeness (QED) is 0.356. The van der Waals surface area contributed by atoms with Crippen molar-refractivity contribution in [3.63, 3.8) is 0 Å². The van der Waals surface area contributed by atoms with E-state index in [2.05, 4.69) is 0 Å². The van der Waals surface area contributed by atoms with Crippen molar-refractivity contribution in [1.82, 2.24) is 4.57 Å². The minimum absolute atomic E-state index is 0.416. The maximum atomic E-state index is 12.0. The fraction of sp³-hybridized carbons (Fsp3) is 0.643. The number of esters is 3.